The minimum absolute atomic E-state index is 0.319. The Morgan fingerprint density at radius 2 is 2.20 bits per heavy atom. The molecule has 4 rings (SSSR count). The van der Waals surface area contributed by atoms with Gasteiger partial charge >= 0.3 is 0 Å². The molecule has 104 valence electrons. The lowest BCUT2D eigenvalue weighted by atomic mass is 9.90. The molecule has 3 heteroatoms. The van der Waals surface area contributed by atoms with Crippen molar-refractivity contribution < 1.29 is 5.11 Å². The van der Waals surface area contributed by atoms with Crippen LogP contribution in [0.15, 0.2) is 35.9 Å². The van der Waals surface area contributed by atoms with Gasteiger partial charge in [-0.15, -0.1) is 0 Å². The first-order chi connectivity index (χ1) is 9.74. The van der Waals surface area contributed by atoms with Crippen LogP contribution in [0.5, 0.6) is 0 Å². The van der Waals surface area contributed by atoms with E-state index in [9.17, 15) is 5.11 Å². The van der Waals surface area contributed by atoms with E-state index in [2.05, 4.69) is 40.2 Å². The molecule has 0 amide bonds. The summed E-state index contributed by atoms with van der Waals surface area (Å²) in [7, 11) is 0. The molecule has 0 aliphatic carbocycles. The van der Waals surface area contributed by atoms with Crippen molar-refractivity contribution in [3.8, 4) is 0 Å². The smallest absolute Gasteiger partial charge is 0.0734 e. The number of aliphatic hydroxyl groups excluding tert-OH is 1. The van der Waals surface area contributed by atoms with Crippen molar-refractivity contribution in [2.24, 2.45) is 0 Å². The first-order valence-electron chi connectivity index (χ1n) is 7.44. The predicted octanol–water partition coefficient (Wildman–Crippen LogP) is 2.78. The number of benzene rings is 1. The molecule has 0 fully saturated rings. The van der Waals surface area contributed by atoms with Gasteiger partial charge < -0.3 is 10.1 Å². The third kappa shape index (κ3) is 1.74. The summed E-state index contributed by atoms with van der Waals surface area (Å²) in [6.45, 7) is 3.85. The van der Waals surface area contributed by atoms with Crippen molar-refractivity contribution in [3.63, 3.8) is 0 Å². The number of aromatic nitrogens is 1. The summed E-state index contributed by atoms with van der Waals surface area (Å²) in [5.41, 5.74) is 5.31. The van der Waals surface area contributed by atoms with Gasteiger partial charge in [-0.2, -0.15) is 0 Å². The summed E-state index contributed by atoms with van der Waals surface area (Å²) < 4.78 is 0. The molecule has 2 aromatic rings. The fourth-order valence-corrected chi connectivity index (χ4v) is 3.69. The Morgan fingerprint density at radius 1 is 1.35 bits per heavy atom. The Balaban J connectivity index is 1.77. The van der Waals surface area contributed by atoms with Crippen molar-refractivity contribution in [2.75, 3.05) is 13.1 Å². The van der Waals surface area contributed by atoms with Crippen molar-refractivity contribution in [3.05, 3.63) is 47.2 Å². The Hall–Kier alpha value is -1.58. The van der Waals surface area contributed by atoms with E-state index in [4.69, 9.17) is 0 Å². The predicted molar refractivity (Wildman–Crippen MR) is 80.7 cm³/mol. The van der Waals surface area contributed by atoms with E-state index in [0.29, 0.717) is 6.04 Å². The van der Waals surface area contributed by atoms with Crippen molar-refractivity contribution in [1.29, 1.82) is 0 Å². The first kappa shape index (κ1) is 12.2. The van der Waals surface area contributed by atoms with Gasteiger partial charge in [0.05, 0.1) is 12.1 Å². The zero-order chi connectivity index (χ0) is 13.7. The number of nitrogens with zero attached hydrogens (tertiary/aromatic N) is 1. The van der Waals surface area contributed by atoms with Crippen LogP contribution in [0.1, 0.15) is 30.6 Å². The van der Waals surface area contributed by atoms with Gasteiger partial charge in [-0.1, -0.05) is 24.3 Å². The molecule has 2 atom stereocenters. The molecule has 0 radical (unpaired) electrons. The number of para-hydroxylation sites is 1. The Bertz CT molecular complexity index is 683. The number of H-pyrrole nitrogens is 1. The largest absolute Gasteiger partial charge is 0.389 e. The molecule has 3 nitrogen and oxygen atoms in total. The summed E-state index contributed by atoms with van der Waals surface area (Å²) >= 11 is 0. The summed E-state index contributed by atoms with van der Waals surface area (Å²) in [6, 6.07) is 9.05. The van der Waals surface area contributed by atoms with Crippen LogP contribution in [-0.2, 0) is 6.42 Å². The molecule has 2 N–H and O–H groups in total. The molecule has 0 saturated carbocycles. The summed E-state index contributed by atoms with van der Waals surface area (Å²) in [4.78, 5) is 6.13. The highest BCUT2D eigenvalue weighted by Gasteiger charge is 2.32. The van der Waals surface area contributed by atoms with E-state index >= 15 is 0 Å². The molecule has 0 saturated heterocycles. The van der Waals surface area contributed by atoms with E-state index in [-0.39, 0.29) is 6.10 Å². The van der Waals surface area contributed by atoms with Crippen LogP contribution in [-0.4, -0.2) is 34.2 Å². The van der Waals surface area contributed by atoms with Gasteiger partial charge in [-0.25, -0.2) is 0 Å². The van der Waals surface area contributed by atoms with Gasteiger partial charge in [0.15, 0.2) is 0 Å². The number of rotatable bonds is 1. The zero-order valence-corrected chi connectivity index (χ0v) is 11.8. The van der Waals surface area contributed by atoms with Gasteiger partial charge in [-0.3, -0.25) is 4.90 Å². The Labute approximate surface area is 118 Å². The van der Waals surface area contributed by atoms with Crippen LogP contribution in [0.25, 0.3) is 10.9 Å². The minimum Gasteiger partial charge on any atom is -0.389 e. The average Bonchev–Trinajstić information content (AvgIpc) is 2.85. The highest BCUT2D eigenvalue weighted by Crippen LogP contribution is 2.39. The number of hydrogen-bond acceptors (Lipinski definition) is 2. The van der Waals surface area contributed by atoms with E-state index in [1.807, 2.05) is 6.92 Å². The second-order valence-electron chi connectivity index (χ2n) is 5.99. The van der Waals surface area contributed by atoms with Crippen molar-refractivity contribution >= 4 is 10.9 Å². The van der Waals surface area contributed by atoms with Crippen LogP contribution in [0, 0.1) is 0 Å². The normalized spacial score (nSPS) is 24.1. The fourth-order valence-electron chi connectivity index (χ4n) is 3.69. The number of nitrogens with one attached hydrogen (secondary N) is 1. The third-order valence-electron chi connectivity index (χ3n) is 4.80. The molecule has 2 aliphatic heterocycles. The van der Waals surface area contributed by atoms with Gasteiger partial charge in [0.2, 0.25) is 0 Å². The standard InChI is InChI=1S/C17H20N2O/c1-11(20)12-6-7-16-17-14(8-9-19(16)10-12)13-4-2-3-5-15(13)18-17/h2-6,11,16,18,20H,7-10H2,1H3/t11-,16-/m0/s1. The van der Waals surface area contributed by atoms with Crippen LogP contribution in [0.3, 0.4) is 0 Å². The molecule has 1 aromatic heterocycles. The molecular formula is C17H20N2O. The van der Waals surface area contributed by atoms with E-state index in [0.717, 1.165) is 25.9 Å². The second kappa shape index (κ2) is 4.47. The number of aromatic amines is 1. The van der Waals surface area contributed by atoms with Crippen molar-refractivity contribution in [1.82, 2.24) is 9.88 Å². The highest BCUT2D eigenvalue weighted by molar-refractivity contribution is 5.85. The summed E-state index contributed by atoms with van der Waals surface area (Å²) in [5.74, 6) is 0. The molecule has 3 heterocycles. The van der Waals surface area contributed by atoms with E-state index < -0.39 is 0 Å². The molecule has 20 heavy (non-hydrogen) atoms. The van der Waals surface area contributed by atoms with Gasteiger partial charge in [-0.05, 0) is 37.0 Å². The maximum Gasteiger partial charge on any atom is 0.0734 e. The average molecular weight is 268 g/mol. The lowest BCUT2D eigenvalue weighted by Crippen LogP contribution is -2.40. The van der Waals surface area contributed by atoms with Gasteiger partial charge in [0, 0.05) is 29.7 Å². The van der Waals surface area contributed by atoms with Crippen molar-refractivity contribution in [2.45, 2.75) is 31.9 Å². The molecular weight excluding hydrogens is 248 g/mol. The fraction of sp³-hybridized carbons (Fsp3) is 0.412. The Morgan fingerprint density at radius 3 is 3.05 bits per heavy atom. The monoisotopic (exact) mass is 268 g/mol. The van der Waals surface area contributed by atoms with Gasteiger partial charge in [0.25, 0.3) is 0 Å². The van der Waals surface area contributed by atoms with E-state index in [1.165, 1.54) is 27.7 Å². The SMILES string of the molecule is C[C@H](O)C1=CC[C@H]2c3[nH]c4ccccc4c3CCN2C1. The second-order valence-corrected chi connectivity index (χ2v) is 5.99. The zero-order valence-electron chi connectivity index (χ0n) is 11.8. The molecule has 0 spiro atoms. The summed E-state index contributed by atoms with van der Waals surface area (Å²) in [6.07, 6.45) is 4.01. The molecule has 1 aromatic carbocycles. The van der Waals surface area contributed by atoms with Crippen LogP contribution >= 0.6 is 0 Å². The number of aliphatic hydroxyl groups is 1. The summed E-state index contributed by atoms with van der Waals surface area (Å²) in [5, 5.41) is 11.2. The van der Waals surface area contributed by atoms with Crippen LogP contribution in [0.4, 0.5) is 0 Å². The number of hydrogen-bond donors (Lipinski definition) is 2. The minimum atomic E-state index is -0.319. The molecule has 2 aliphatic rings. The van der Waals surface area contributed by atoms with E-state index in [1.54, 1.807) is 0 Å². The Kier molecular flexibility index (Phi) is 2.72. The topological polar surface area (TPSA) is 39.3 Å². The first-order valence-corrected chi connectivity index (χ1v) is 7.44. The lowest BCUT2D eigenvalue weighted by Gasteiger charge is -2.39. The van der Waals surface area contributed by atoms with Crippen LogP contribution < -0.4 is 0 Å². The molecule has 0 bridgehead atoms. The maximum absolute atomic E-state index is 9.77. The third-order valence-corrected chi connectivity index (χ3v) is 4.80. The lowest BCUT2D eigenvalue weighted by molar-refractivity contribution is 0.156. The molecule has 0 unspecified atom stereocenters. The van der Waals surface area contributed by atoms with Gasteiger partial charge in [0.1, 0.15) is 0 Å². The van der Waals surface area contributed by atoms with Crippen LogP contribution in [0.2, 0.25) is 0 Å². The maximum atomic E-state index is 9.77. The quantitative estimate of drug-likeness (QED) is 0.781. The number of fused-ring (bicyclic) bond motifs is 5. The highest BCUT2D eigenvalue weighted by atomic mass is 16.3.